The topological polar surface area (TPSA) is 56.1 Å². The summed E-state index contributed by atoms with van der Waals surface area (Å²) in [6.07, 6.45) is 1.35. The Morgan fingerprint density at radius 2 is 2.18 bits per heavy atom. The van der Waals surface area contributed by atoms with Gasteiger partial charge in [-0.1, -0.05) is 6.07 Å². The second-order valence-electron chi connectivity index (χ2n) is 1.86. The molecule has 0 saturated heterocycles. The number of hydrogen-bond donors (Lipinski definition) is 0. The van der Waals surface area contributed by atoms with E-state index in [-0.39, 0.29) is 6.29 Å². The van der Waals surface area contributed by atoms with Crippen molar-refractivity contribution in [1.82, 2.24) is 4.57 Å². The van der Waals surface area contributed by atoms with E-state index in [4.69, 9.17) is 0 Å². The number of aldehydes is 1. The lowest BCUT2D eigenvalue weighted by atomic mass is 10.4. The second-order valence-corrected chi connectivity index (χ2v) is 1.86. The van der Waals surface area contributed by atoms with Crippen molar-refractivity contribution < 1.29 is 9.59 Å². The monoisotopic (exact) mass is 151 g/mol. The van der Waals surface area contributed by atoms with E-state index < -0.39 is 11.5 Å². The van der Waals surface area contributed by atoms with E-state index in [0.29, 0.717) is 0 Å². The minimum atomic E-state index is -0.851. The second kappa shape index (κ2) is 2.92. The first-order chi connectivity index (χ1) is 5.25. The Morgan fingerprint density at radius 3 is 2.73 bits per heavy atom. The summed E-state index contributed by atoms with van der Waals surface area (Å²) in [5.74, 6) is -0.851. The third-order valence-corrected chi connectivity index (χ3v) is 1.16. The highest BCUT2D eigenvalue weighted by atomic mass is 16.2. The minimum absolute atomic E-state index is 0.0986. The SMILES string of the molecule is O=CC(=O)n1ccccc1=O. The molecule has 0 unspecified atom stereocenters. The molecule has 4 heteroatoms. The molecular formula is C7H5NO3. The molecular weight excluding hydrogens is 146 g/mol. The molecule has 0 amide bonds. The van der Waals surface area contributed by atoms with Crippen LogP contribution in [0.1, 0.15) is 4.79 Å². The molecule has 0 saturated carbocycles. The maximum absolute atomic E-state index is 10.8. The van der Waals surface area contributed by atoms with Crippen molar-refractivity contribution in [1.29, 1.82) is 0 Å². The van der Waals surface area contributed by atoms with Crippen molar-refractivity contribution in [3.63, 3.8) is 0 Å². The maximum Gasteiger partial charge on any atom is 0.297 e. The zero-order valence-electron chi connectivity index (χ0n) is 5.56. The fraction of sp³-hybridized carbons (Fsp3) is 0. The highest BCUT2D eigenvalue weighted by Crippen LogP contribution is 1.79. The third kappa shape index (κ3) is 1.40. The molecule has 0 radical (unpaired) electrons. The Morgan fingerprint density at radius 1 is 1.45 bits per heavy atom. The van der Waals surface area contributed by atoms with Gasteiger partial charge in [-0.3, -0.25) is 14.4 Å². The van der Waals surface area contributed by atoms with Gasteiger partial charge in [-0.15, -0.1) is 0 Å². The standard InChI is InChI=1S/C7H5NO3/c9-5-7(11)8-4-2-1-3-6(8)10/h1-5H. The molecule has 0 aromatic carbocycles. The molecule has 1 aromatic rings. The van der Waals surface area contributed by atoms with Gasteiger partial charge in [-0.2, -0.15) is 0 Å². The third-order valence-electron chi connectivity index (χ3n) is 1.16. The van der Waals surface area contributed by atoms with Gasteiger partial charge in [-0.25, -0.2) is 4.57 Å². The van der Waals surface area contributed by atoms with Gasteiger partial charge in [0.15, 0.2) is 0 Å². The summed E-state index contributed by atoms with van der Waals surface area (Å²) in [7, 11) is 0. The Balaban J connectivity index is 3.24. The molecule has 4 nitrogen and oxygen atoms in total. The average Bonchev–Trinajstić information content (AvgIpc) is 2.04. The quantitative estimate of drug-likeness (QED) is 0.408. The number of pyridine rings is 1. The van der Waals surface area contributed by atoms with Crippen molar-refractivity contribution in [3.8, 4) is 0 Å². The van der Waals surface area contributed by atoms with Gasteiger partial charge in [0.05, 0.1) is 0 Å². The predicted octanol–water partition coefficient (Wildman–Crippen LogP) is -0.313. The van der Waals surface area contributed by atoms with Gasteiger partial charge in [0.25, 0.3) is 11.5 Å². The number of carbonyl (C=O) groups excluding carboxylic acids is 2. The first-order valence-electron chi connectivity index (χ1n) is 2.93. The van der Waals surface area contributed by atoms with Crippen LogP contribution in [0.5, 0.6) is 0 Å². The van der Waals surface area contributed by atoms with Crippen LogP contribution in [-0.4, -0.2) is 16.8 Å². The van der Waals surface area contributed by atoms with Crippen molar-refractivity contribution in [2.24, 2.45) is 0 Å². The molecule has 1 rings (SSSR count). The summed E-state index contributed by atoms with van der Waals surface area (Å²) in [5.41, 5.74) is -0.496. The largest absolute Gasteiger partial charge is 0.297 e. The number of nitrogens with zero attached hydrogens (tertiary/aromatic N) is 1. The van der Waals surface area contributed by atoms with Gasteiger partial charge >= 0.3 is 0 Å². The van der Waals surface area contributed by atoms with Crippen LogP contribution in [0, 0.1) is 0 Å². The van der Waals surface area contributed by atoms with Crippen LogP contribution in [0.2, 0.25) is 0 Å². The van der Waals surface area contributed by atoms with Crippen LogP contribution in [-0.2, 0) is 4.79 Å². The summed E-state index contributed by atoms with van der Waals surface area (Å²) in [5, 5.41) is 0. The van der Waals surface area contributed by atoms with Crippen LogP contribution >= 0.6 is 0 Å². The van der Waals surface area contributed by atoms with Crippen LogP contribution in [0.15, 0.2) is 29.2 Å². The normalized spacial score (nSPS) is 9.09. The van der Waals surface area contributed by atoms with Crippen LogP contribution < -0.4 is 5.56 Å². The summed E-state index contributed by atoms with van der Waals surface area (Å²) in [6, 6.07) is 4.21. The number of hydrogen-bond acceptors (Lipinski definition) is 3. The van der Waals surface area contributed by atoms with Gasteiger partial charge in [0.1, 0.15) is 0 Å². The smallest absolute Gasteiger partial charge is 0.292 e. The molecule has 0 N–H and O–H groups in total. The lowest BCUT2D eigenvalue weighted by molar-refractivity contribution is -0.105. The highest BCUT2D eigenvalue weighted by Gasteiger charge is 2.01. The molecule has 0 bridgehead atoms. The Bertz CT molecular complexity index is 340. The van der Waals surface area contributed by atoms with Crippen LogP contribution in [0.25, 0.3) is 0 Å². The van der Waals surface area contributed by atoms with Crippen LogP contribution in [0.3, 0.4) is 0 Å². The Hall–Kier alpha value is -1.71. The Labute approximate surface area is 62.1 Å². The van der Waals surface area contributed by atoms with Gasteiger partial charge in [-0.05, 0) is 6.07 Å². The first-order valence-corrected chi connectivity index (χ1v) is 2.93. The number of rotatable bonds is 1. The zero-order valence-corrected chi connectivity index (χ0v) is 5.56. The van der Waals surface area contributed by atoms with E-state index in [1.807, 2.05) is 0 Å². The summed E-state index contributed by atoms with van der Waals surface area (Å²) in [4.78, 5) is 31.4. The molecule has 56 valence electrons. The van der Waals surface area contributed by atoms with E-state index in [0.717, 1.165) is 4.57 Å². The van der Waals surface area contributed by atoms with E-state index >= 15 is 0 Å². The van der Waals surface area contributed by atoms with Crippen molar-refractivity contribution in [3.05, 3.63) is 34.7 Å². The molecule has 1 aromatic heterocycles. The summed E-state index contributed by atoms with van der Waals surface area (Å²) >= 11 is 0. The van der Waals surface area contributed by atoms with E-state index in [1.54, 1.807) is 0 Å². The molecule has 0 aliphatic heterocycles. The molecule has 11 heavy (non-hydrogen) atoms. The van der Waals surface area contributed by atoms with Crippen LogP contribution in [0.4, 0.5) is 0 Å². The Kier molecular flexibility index (Phi) is 1.96. The molecule has 0 aliphatic carbocycles. The number of aromatic nitrogens is 1. The summed E-state index contributed by atoms with van der Waals surface area (Å²) in [6.45, 7) is 0. The molecule has 0 fully saturated rings. The molecule has 0 atom stereocenters. The van der Waals surface area contributed by atoms with Gasteiger partial charge < -0.3 is 0 Å². The van der Waals surface area contributed by atoms with E-state index in [2.05, 4.69) is 0 Å². The first kappa shape index (κ1) is 7.40. The molecule has 0 spiro atoms. The highest BCUT2D eigenvalue weighted by molar-refractivity contribution is 6.24. The van der Waals surface area contributed by atoms with Crippen molar-refractivity contribution in [2.45, 2.75) is 0 Å². The summed E-state index contributed by atoms with van der Waals surface area (Å²) < 4.78 is 0.743. The maximum atomic E-state index is 10.8. The fourth-order valence-electron chi connectivity index (χ4n) is 0.666. The van der Waals surface area contributed by atoms with E-state index in [9.17, 15) is 14.4 Å². The molecule has 0 aliphatic rings. The van der Waals surface area contributed by atoms with E-state index in [1.165, 1.54) is 24.4 Å². The molecule has 1 heterocycles. The minimum Gasteiger partial charge on any atom is -0.292 e. The predicted molar refractivity (Wildman–Crippen MR) is 37.4 cm³/mol. The lowest BCUT2D eigenvalue weighted by Crippen LogP contribution is -2.25. The number of carbonyl (C=O) groups is 2. The van der Waals surface area contributed by atoms with Gasteiger partial charge in [0, 0.05) is 12.3 Å². The van der Waals surface area contributed by atoms with Crippen molar-refractivity contribution in [2.75, 3.05) is 0 Å². The lowest BCUT2D eigenvalue weighted by Gasteiger charge is -1.94. The van der Waals surface area contributed by atoms with Gasteiger partial charge in [0.2, 0.25) is 6.29 Å². The average molecular weight is 151 g/mol. The fourth-order valence-corrected chi connectivity index (χ4v) is 0.666. The van der Waals surface area contributed by atoms with Crippen molar-refractivity contribution >= 4 is 12.2 Å². The zero-order chi connectivity index (χ0) is 8.27.